The summed E-state index contributed by atoms with van der Waals surface area (Å²) in [5.41, 5.74) is 0. The highest BCUT2D eigenvalue weighted by Gasteiger charge is 2.30. The maximum Gasteiger partial charge on any atom is 0.472 e. The van der Waals surface area contributed by atoms with Crippen molar-refractivity contribution in [2.24, 2.45) is 0 Å². The summed E-state index contributed by atoms with van der Waals surface area (Å²) in [6.07, 6.45) is 84.5. The van der Waals surface area contributed by atoms with Gasteiger partial charge in [0.25, 0.3) is 0 Å². The summed E-state index contributed by atoms with van der Waals surface area (Å²) in [5, 5.41) is 10.6. The molecule has 0 aliphatic carbocycles. The first kappa shape index (κ1) is 96.9. The van der Waals surface area contributed by atoms with Crippen LogP contribution in [-0.4, -0.2) is 96.7 Å². The molecule has 5 atom stereocenters. The molecular weight excluding hydrogens is 1330 g/mol. The van der Waals surface area contributed by atoms with Crippen molar-refractivity contribution >= 4 is 39.5 Å². The van der Waals surface area contributed by atoms with Crippen LogP contribution in [0.1, 0.15) is 297 Å². The van der Waals surface area contributed by atoms with Crippen LogP contribution in [0.5, 0.6) is 0 Å². The zero-order chi connectivity index (χ0) is 74.6. The SMILES string of the molecule is CC/C=C\C/C=C\C/C=C\C/C=C\C/C=C\C/C=C\CCC(=O)OCC(COP(=O)(O)OCC(O)COP(=O)(O)OCC(COC(=O)C/C=C\C/C=C\C/C=C\C/C=C\C/C=C\CC)OC(=O)CCCCCCC/C=C\CCCCCC)OC(=O)CCCCCCCCCCCCCCCCC. The molecule has 0 aromatic carbocycles. The van der Waals surface area contributed by atoms with E-state index in [2.05, 4.69) is 131 Å². The van der Waals surface area contributed by atoms with Gasteiger partial charge in [0.2, 0.25) is 0 Å². The molecule has 0 aromatic heterocycles. The van der Waals surface area contributed by atoms with Crippen molar-refractivity contribution in [2.45, 2.75) is 316 Å². The summed E-state index contributed by atoms with van der Waals surface area (Å²) in [6.45, 7) is 4.42. The number of hydrogen-bond acceptors (Lipinski definition) is 15. The molecule has 582 valence electrons. The highest BCUT2D eigenvalue weighted by Crippen LogP contribution is 2.45. The first-order chi connectivity index (χ1) is 49.7. The molecule has 102 heavy (non-hydrogen) atoms. The van der Waals surface area contributed by atoms with Crippen molar-refractivity contribution < 1.29 is 80.2 Å². The van der Waals surface area contributed by atoms with Crippen LogP contribution >= 0.6 is 15.6 Å². The maximum atomic E-state index is 13.1. The molecule has 0 spiro atoms. The van der Waals surface area contributed by atoms with Crippen LogP contribution in [0.4, 0.5) is 0 Å². The zero-order valence-corrected chi connectivity index (χ0v) is 65.3. The number of esters is 4. The number of allylic oxidation sites excluding steroid dienone is 23. The van der Waals surface area contributed by atoms with E-state index in [0.717, 1.165) is 122 Å². The first-order valence-corrected chi connectivity index (χ1v) is 42.1. The van der Waals surface area contributed by atoms with E-state index in [1.54, 1.807) is 6.08 Å². The van der Waals surface area contributed by atoms with Crippen molar-refractivity contribution in [3.05, 3.63) is 146 Å². The van der Waals surface area contributed by atoms with Gasteiger partial charge in [-0.3, -0.25) is 37.3 Å². The minimum absolute atomic E-state index is 0.0326. The zero-order valence-electron chi connectivity index (χ0n) is 63.5. The smallest absolute Gasteiger partial charge is 0.462 e. The summed E-state index contributed by atoms with van der Waals surface area (Å²) < 4.78 is 68.3. The van der Waals surface area contributed by atoms with Crippen LogP contribution < -0.4 is 0 Å². The molecule has 0 aromatic rings. The second-order valence-electron chi connectivity index (χ2n) is 25.6. The van der Waals surface area contributed by atoms with Crippen molar-refractivity contribution in [3.8, 4) is 0 Å². The second-order valence-corrected chi connectivity index (χ2v) is 28.5. The molecule has 0 radical (unpaired) electrons. The summed E-state index contributed by atoms with van der Waals surface area (Å²) in [7, 11) is -10.0. The molecular formula is C83H138O17P2. The standard InChI is InChI=1S/C83H138O17P2/c1-5-9-13-17-21-25-29-33-36-37-38-39-42-45-48-52-56-60-64-68-81(86)94-74-79(100-83(88)70-66-62-58-54-50-46-41-35-31-27-23-19-15-11-7-3)76-98-102(91,92)96-72-77(84)71-95-101(89,90)97-75-78(99-82(87)69-65-61-57-53-49-43-32-28-24-20-16-12-8-4)73-93-80(85)67-63-59-55-51-47-44-40-34-30-26-22-18-14-10-6-2/h9-10,13-14,21-22,25-26,28,32-34,36,38-40,45,47-48,51,56,59-60,63,77-79,84H,5-8,11-12,15-20,23-24,27,29-31,35,37,41-44,46,49-50,52-55,57-58,61-62,64-76H2,1-4H3,(H,89,90)(H,91,92)/b13-9-,14-10-,25-21-,26-22-,32-28-,36-33-,39-38-,40-34-,48-45-,51-47-,60-56-,63-59-. The van der Waals surface area contributed by atoms with Crippen molar-refractivity contribution in [3.63, 3.8) is 0 Å². The predicted octanol–water partition coefficient (Wildman–Crippen LogP) is 22.7. The van der Waals surface area contributed by atoms with Crippen LogP contribution in [0.2, 0.25) is 0 Å². The molecule has 0 aliphatic rings. The van der Waals surface area contributed by atoms with E-state index in [-0.39, 0.29) is 25.7 Å². The monoisotopic (exact) mass is 1470 g/mol. The van der Waals surface area contributed by atoms with E-state index in [4.69, 9.17) is 37.0 Å². The molecule has 0 rings (SSSR count). The molecule has 19 heteroatoms. The normalized spacial score (nSPS) is 14.7. The Kier molecular flexibility index (Phi) is 70.5. The lowest BCUT2D eigenvalue weighted by molar-refractivity contribution is -0.161. The minimum Gasteiger partial charge on any atom is -0.462 e. The molecule has 0 aliphatic heterocycles. The topological polar surface area (TPSA) is 237 Å². The van der Waals surface area contributed by atoms with E-state index < -0.39 is 97.5 Å². The Balaban J connectivity index is 5.48. The Morgan fingerprint density at radius 2 is 0.569 bits per heavy atom. The van der Waals surface area contributed by atoms with Gasteiger partial charge in [0, 0.05) is 19.3 Å². The van der Waals surface area contributed by atoms with Gasteiger partial charge < -0.3 is 33.8 Å². The number of ether oxygens (including phenoxy) is 4. The number of phosphoric acid groups is 2. The van der Waals surface area contributed by atoms with Gasteiger partial charge in [-0.2, -0.15) is 0 Å². The third-order valence-electron chi connectivity index (χ3n) is 15.8. The average molecular weight is 1470 g/mol. The summed E-state index contributed by atoms with van der Waals surface area (Å²) in [4.78, 5) is 72.8. The summed E-state index contributed by atoms with van der Waals surface area (Å²) in [5.74, 6) is -2.43. The molecule has 0 fully saturated rings. The van der Waals surface area contributed by atoms with Crippen LogP contribution in [-0.2, 0) is 65.4 Å². The fraction of sp³-hybridized carbons (Fsp3) is 0.663. The van der Waals surface area contributed by atoms with Gasteiger partial charge in [-0.15, -0.1) is 0 Å². The number of unbranched alkanes of at least 4 members (excludes halogenated alkanes) is 23. The van der Waals surface area contributed by atoms with Crippen LogP contribution in [0.25, 0.3) is 0 Å². The van der Waals surface area contributed by atoms with Crippen molar-refractivity contribution in [2.75, 3.05) is 39.6 Å². The van der Waals surface area contributed by atoms with E-state index in [1.165, 1.54) is 89.9 Å². The number of phosphoric ester groups is 2. The van der Waals surface area contributed by atoms with Crippen LogP contribution in [0.15, 0.2) is 146 Å². The van der Waals surface area contributed by atoms with Gasteiger partial charge in [-0.1, -0.05) is 302 Å². The molecule has 0 heterocycles. The molecule has 0 saturated heterocycles. The number of carbonyl (C=O) groups excluding carboxylic acids is 4. The number of aliphatic hydroxyl groups excluding tert-OH is 1. The van der Waals surface area contributed by atoms with Crippen LogP contribution in [0, 0.1) is 0 Å². The first-order valence-electron chi connectivity index (χ1n) is 39.1. The molecule has 17 nitrogen and oxygen atoms in total. The maximum absolute atomic E-state index is 13.1. The molecule has 0 amide bonds. The van der Waals surface area contributed by atoms with E-state index in [1.807, 2.05) is 36.5 Å². The Bertz CT molecular complexity index is 2510. The lowest BCUT2D eigenvalue weighted by Crippen LogP contribution is -2.30. The highest BCUT2D eigenvalue weighted by atomic mass is 31.2. The average Bonchev–Trinajstić information content (AvgIpc) is 0.924. The highest BCUT2D eigenvalue weighted by molar-refractivity contribution is 7.47. The predicted molar refractivity (Wildman–Crippen MR) is 417 cm³/mol. The molecule has 3 N–H and O–H groups in total. The third kappa shape index (κ3) is 73.3. The van der Waals surface area contributed by atoms with E-state index >= 15 is 0 Å². The Labute approximate surface area is 617 Å². The van der Waals surface area contributed by atoms with Gasteiger partial charge in [0.1, 0.15) is 19.3 Å². The van der Waals surface area contributed by atoms with Gasteiger partial charge in [0.15, 0.2) is 12.2 Å². The Morgan fingerprint density at radius 1 is 0.294 bits per heavy atom. The fourth-order valence-electron chi connectivity index (χ4n) is 9.96. The quantitative estimate of drug-likeness (QED) is 0.0169. The number of hydrogen-bond donors (Lipinski definition) is 3. The number of aliphatic hydroxyl groups is 1. The summed E-state index contributed by atoms with van der Waals surface area (Å²) in [6, 6.07) is 0. The van der Waals surface area contributed by atoms with Crippen molar-refractivity contribution in [1.82, 2.24) is 0 Å². The van der Waals surface area contributed by atoms with Crippen LogP contribution in [0.3, 0.4) is 0 Å². The largest absolute Gasteiger partial charge is 0.472 e. The third-order valence-corrected chi connectivity index (χ3v) is 17.7. The lowest BCUT2D eigenvalue weighted by Gasteiger charge is -2.21. The van der Waals surface area contributed by atoms with E-state index in [9.17, 15) is 43.2 Å². The second kappa shape index (κ2) is 74.2. The summed E-state index contributed by atoms with van der Waals surface area (Å²) >= 11 is 0. The number of carbonyl (C=O) groups is 4. The van der Waals surface area contributed by atoms with Crippen molar-refractivity contribution in [1.29, 1.82) is 0 Å². The van der Waals surface area contributed by atoms with E-state index in [0.29, 0.717) is 32.1 Å². The fourth-order valence-corrected chi connectivity index (χ4v) is 11.5. The van der Waals surface area contributed by atoms with Gasteiger partial charge in [0.05, 0.1) is 32.8 Å². The Morgan fingerprint density at radius 3 is 0.922 bits per heavy atom. The van der Waals surface area contributed by atoms with Gasteiger partial charge in [-0.25, -0.2) is 9.13 Å². The van der Waals surface area contributed by atoms with Gasteiger partial charge >= 0.3 is 39.5 Å². The molecule has 0 saturated carbocycles. The minimum atomic E-state index is -5.00. The molecule has 0 bridgehead atoms. The number of rotatable bonds is 72. The Hall–Kier alpha value is -5.06. The molecule has 5 unspecified atom stereocenters. The lowest BCUT2D eigenvalue weighted by atomic mass is 10.0. The van der Waals surface area contributed by atoms with Gasteiger partial charge in [-0.05, 0) is 116 Å².